The van der Waals surface area contributed by atoms with Gasteiger partial charge in [-0.2, -0.15) is 11.8 Å². The summed E-state index contributed by atoms with van der Waals surface area (Å²) in [4.78, 5) is 12.2. The van der Waals surface area contributed by atoms with Crippen molar-refractivity contribution in [1.82, 2.24) is 5.32 Å². The Bertz CT molecular complexity index is 806. The van der Waals surface area contributed by atoms with Gasteiger partial charge in [-0.05, 0) is 30.2 Å². The predicted molar refractivity (Wildman–Crippen MR) is 97.5 cm³/mol. The molecule has 0 radical (unpaired) electrons. The van der Waals surface area contributed by atoms with Crippen molar-refractivity contribution >= 4 is 27.7 Å². The maximum atomic E-state index is 12.2. The van der Waals surface area contributed by atoms with Crippen LogP contribution in [0.5, 0.6) is 0 Å². The summed E-state index contributed by atoms with van der Waals surface area (Å²) >= 11 is 1.72. The van der Waals surface area contributed by atoms with Crippen molar-refractivity contribution in [2.45, 2.75) is 17.6 Å². The van der Waals surface area contributed by atoms with Crippen LogP contribution in [-0.4, -0.2) is 26.6 Å². The van der Waals surface area contributed by atoms with E-state index in [0.717, 1.165) is 11.5 Å². The van der Waals surface area contributed by atoms with Crippen LogP contribution in [0, 0.1) is 6.92 Å². The average Bonchev–Trinajstić information content (AvgIpc) is 2.54. The number of sulfonamides is 1. The first-order chi connectivity index (χ1) is 11.4. The molecule has 1 amide bonds. The summed E-state index contributed by atoms with van der Waals surface area (Å²) in [5.41, 5.74) is 2.27. The summed E-state index contributed by atoms with van der Waals surface area (Å²) in [6, 6.07) is 14.4. The molecule has 3 N–H and O–H groups in total. The molecule has 0 aliphatic rings. The Labute approximate surface area is 146 Å². The molecule has 0 aliphatic carbocycles. The second-order valence-corrected chi connectivity index (χ2v) is 7.98. The molecule has 0 saturated heterocycles. The minimum Gasteiger partial charge on any atom is -0.351 e. The van der Waals surface area contributed by atoms with Crippen LogP contribution in [0.2, 0.25) is 0 Å². The number of amides is 1. The van der Waals surface area contributed by atoms with Gasteiger partial charge in [-0.1, -0.05) is 36.4 Å². The minimum atomic E-state index is -3.82. The van der Waals surface area contributed by atoms with E-state index in [1.165, 1.54) is 17.7 Å². The number of primary sulfonamides is 1. The Balaban J connectivity index is 1.86. The maximum absolute atomic E-state index is 12.2. The van der Waals surface area contributed by atoms with E-state index in [1.807, 2.05) is 18.2 Å². The van der Waals surface area contributed by atoms with Crippen LogP contribution < -0.4 is 10.5 Å². The van der Waals surface area contributed by atoms with Gasteiger partial charge in [-0.15, -0.1) is 0 Å². The summed E-state index contributed by atoms with van der Waals surface area (Å²) < 4.78 is 22.8. The van der Waals surface area contributed by atoms with Gasteiger partial charge >= 0.3 is 0 Å². The molecule has 0 heterocycles. The molecule has 0 fully saturated rings. The highest BCUT2D eigenvalue weighted by Gasteiger charge is 2.14. The molecule has 0 aromatic heterocycles. The van der Waals surface area contributed by atoms with Crippen LogP contribution in [0.4, 0.5) is 0 Å². The van der Waals surface area contributed by atoms with Gasteiger partial charge in [0.2, 0.25) is 10.0 Å². The summed E-state index contributed by atoms with van der Waals surface area (Å²) in [6.07, 6.45) is 0. The Kier molecular flexibility index (Phi) is 6.42. The Morgan fingerprint density at radius 1 is 1.17 bits per heavy atom. The summed E-state index contributed by atoms with van der Waals surface area (Å²) in [5, 5.41) is 7.92. The predicted octanol–water partition coefficient (Wildman–Crippen LogP) is 2.31. The molecular weight excluding hydrogens is 344 g/mol. The third-order valence-corrected chi connectivity index (χ3v) is 5.37. The second-order valence-electron chi connectivity index (χ2n) is 5.32. The van der Waals surface area contributed by atoms with Crippen molar-refractivity contribution in [3.63, 3.8) is 0 Å². The fraction of sp³-hybridized carbons (Fsp3) is 0.235. The molecule has 2 aromatic rings. The van der Waals surface area contributed by atoms with Crippen LogP contribution in [0.3, 0.4) is 0 Å². The van der Waals surface area contributed by atoms with E-state index in [2.05, 4.69) is 17.4 Å². The number of benzene rings is 2. The zero-order valence-electron chi connectivity index (χ0n) is 13.4. The van der Waals surface area contributed by atoms with E-state index < -0.39 is 10.0 Å². The summed E-state index contributed by atoms with van der Waals surface area (Å²) in [6.45, 7) is 2.27. The highest BCUT2D eigenvalue weighted by molar-refractivity contribution is 7.98. The van der Waals surface area contributed by atoms with Crippen LogP contribution >= 0.6 is 11.8 Å². The van der Waals surface area contributed by atoms with E-state index in [1.54, 1.807) is 24.8 Å². The maximum Gasteiger partial charge on any atom is 0.251 e. The van der Waals surface area contributed by atoms with Crippen LogP contribution in [-0.2, 0) is 15.8 Å². The smallest absolute Gasteiger partial charge is 0.251 e. The molecule has 2 aromatic carbocycles. The van der Waals surface area contributed by atoms with Crippen molar-refractivity contribution in [1.29, 1.82) is 0 Å². The number of hydrogen-bond donors (Lipinski definition) is 2. The Morgan fingerprint density at radius 2 is 1.88 bits per heavy atom. The molecule has 0 unspecified atom stereocenters. The SMILES string of the molecule is Cc1ccc(S(N)(=O)=O)cc1C(=O)NCCSCc1ccccc1. The fourth-order valence-corrected chi connectivity index (χ4v) is 3.48. The van der Waals surface area contributed by atoms with Crippen LogP contribution in [0.1, 0.15) is 21.5 Å². The number of thioether (sulfide) groups is 1. The van der Waals surface area contributed by atoms with Crippen molar-refractivity contribution < 1.29 is 13.2 Å². The molecule has 0 spiro atoms. The highest BCUT2D eigenvalue weighted by Crippen LogP contribution is 2.15. The quantitative estimate of drug-likeness (QED) is 0.738. The molecule has 0 aliphatic heterocycles. The van der Waals surface area contributed by atoms with Gasteiger partial charge in [0.15, 0.2) is 0 Å². The molecule has 128 valence electrons. The summed E-state index contributed by atoms with van der Waals surface area (Å²) in [7, 11) is -3.82. The van der Waals surface area contributed by atoms with Gasteiger partial charge in [0.25, 0.3) is 5.91 Å². The fourth-order valence-electron chi connectivity index (χ4n) is 2.12. The van der Waals surface area contributed by atoms with Crippen molar-refractivity contribution in [3.8, 4) is 0 Å². The molecule has 5 nitrogen and oxygen atoms in total. The minimum absolute atomic E-state index is 0.0586. The van der Waals surface area contributed by atoms with Crippen molar-refractivity contribution in [3.05, 3.63) is 65.2 Å². The number of rotatable bonds is 7. The lowest BCUT2D eigenvalue weighted by molar-refractivity contribution is 0.0955. The molecule has 24 heavy (non-hydrogen) atoms. The standard InChI is InChI=1S/C17H20N2O3S2/c1-13-7-8-15(24(18,21)22)11-16(13)17(20)19-9-10-23-12-14-5-3-2-4-6-14/h2-8,11H,9-10,12H2,1H3,(H,19,20)(H2,18,21,22). The van der Waals surface area contributed by atoms with Gasteiger partial charge in [-0.3, -0.25) is 4.79 Å². The number of carbonyl (C=O) groups excluding carboxylic acids is 1. The van der Waals surface area contributed by atoms with Crippen LogP contribution in [0.25, 0.3) is 0 Å². The Morgan fingerprint density at radius 3 is 2.54 bits per heavy atom. The first-order valence-electron chi connectivity index (χ1n) is 7.41. The van der Waals surface area contributed by atoms with Gasteiger partial charge in [0.05, 0.1) is 4.90 Å². The third-order valence-electron chi connectivity index (χ3n) is 3.43. The van der Waals surface area contributed by atoms with Gasteiger partial charge in [0.1, 0.15) is 0 Å². The number of hydrogen-bond acceptors (Lipinski definition) is 4. The van der Waals surface area contributed by atoms with Crippen molar-refractivity contribution in [2.24, 2.45) is 5.14 Å². The largest absolute Gasteiger partial charge is 0.351 e. The molecule has 7 heteroatoms. The van der Waals surface area contributed by atoms with Crippen LogP contribution in [0.15, 0.2) is 53.4 Å². The molecular formula is C17H20N2O3S2. The third kappa shape index (κ3) is 5.36. The van der Waals surface area contributed by atoms with Crippen molar-refractivity contribution in [2.75, 3.05) is 12.3 Å². The normalized spacial score (nSPS) is 11.2. The molecule has 2 rings (SSSR count). The van der Waals surface area contributed by atoms with E-state index in [9.17, 15) is 13.2 Å². The molecule has 0 bridgehead atoms. The Hall–Kier alpha value is -1.83. The highest BCUT2D eigenvalue weighted by atomic mass is 32.2. The number of carbonyl (C=O) groups is 1. The first-order valence-corrected chi connectivity index (χ1v) is 10.1. The second kappa shape index (κ2) is 8.32. The monoisotopic (exact) mass is 364 g/mol. The lowest BCUT2D eigenvalue weighted by Gasteiger charge is -2.09. The number of nitrogens with two attached hydrogens (primary N) is 1. The van der Waals surface area contributed by atoms with Gasteiger partial charge in [0, 0.05) is 23.6 Å². The molecule has 0 atom stereocenters. The van der Waals surface area contributed by atoms with E-state index in [4.69, 9.17) is 5.14 Å². The lowest BCUT2D eigenvalue weighted by Crippen LogP contribution is -2.27. The van der Waals surface area contributed by atoms with E-state index >= 15 is 0 Å². The zero-order valence-corrected chi connectivity index (χ0v) is 15.0. The zero-order chi connectivity index (χ0) is 17.6. The lowest BCUT2D eigenvalue weighted by atomic mass is 10.1. The first kappa shape index (κ1) is 18.5. The number of aryl methyl sites for hydroxylation is 1. The van der Waals surface area contributed by atoms with E-state index in [0.29, 0.717) is 17.7 Å². The molecule has 0 saturated carbocycles. The number of nitrogens with one attached hydrogen (secondary N) is 1. The average molecular weight is 364 g/mol. The van der Waals surface area contributed by atoms with Gasteiger partial charge < -0.3 is 5.32 Å². The van der Waals surface area contributed by atoms with Gasteiger partial charge in [-0.25, -0.2) is 13.6 Å². The summed E-state index contributed by atoms with van der Waals surface area (Å²) in [5.74, 6) is 1.36. The van der Waals surface area contributed by atoms with E-state index in [-0.39, 0.29) is 10.8 Å². The topological polar surface area (TPSA) is 89.3 Å².